The number of thioether (sulfide) groups is 2. The summed E-state index contributed by atoms with van der Waals surface area (Å²) in [6.07, 6.45) is 17.6. The smallest absolute Gasteiger partial charge is 0.350 e. The van der Waals surface area contributed by atoms with Crippen molar-refractivity contribution in [2.24, 2.45) is 17.8 Å². The van der Waals surface area contributed by atoms with Crippen LogP contribution < -0.4 is 9.47 Å². The van der Waals surface area contributed by atoms with Gasteiger partial charge in [0, 0.05) is 31.8 Å². The molecule has 0 saturated heterocycles. The van der Waals surface area contributed by atoms with Crippen LogP contribution in [0.2, 0.25) is 0 Å². The molecule has 1 unspecified atom stereocenters. The molecule has 1 aromatic rings. The quantitative estimate of drug-likeness (QED) is 0.0174. The Bertz CT molecular complexity index is 2180. The van der Waals surface area contributed by atoms with Gasteiger partial charge >= 0.3 is 41.8 Å². The van der Waals surface area contributed by atoms with Crippen molar-refractivity contribution in [3.8, 4) is 17.6 Å². The van der Waals surface area contributed by atoms with Crippen LogP contribution in [-0.4, -0.2) is 99.7 Å². The third-order valence-corrected chi connectivity index (χ3v) is 16.4. The van der Waals surface area contributed by atoms with Crippen molar-refractivity contribution in [3.05, 3.63) is 47.3 Å². The highest BCUT2D eigenvalue weighted by Crippen LogP contribution is 2.59. The minimum atomic E-state index is -0.833. The second-order valence-electron chi connectivity index (χ2n) is 19.4. The largest absolute Gasteiger partial charge is 0.465 e. The van der Waals surface area contributed by atoms with E-state index in [-0.39, 0.29) is 70.0 Å². The zero-order valence-corrected chi connectivity index (χ0v) is 45.3. The molecule has 5 rings (SSSR count). The maximum absolute atomic E-state index is 13.7. The predicted octanol–water partition coefficient (Wildman–Crippen LogP) is 10.5. The molecule has 3 aliphatic carbocycles. The lowest BCUT2D eigenvalue weighted by Gasteiger charge is -2.31. The van der Waals surface area contributed by atoms with E-state index in [1.165, 1.54) is 7.11 Å². The third-order valence-electron chi connectivity index (χ3n) is 13.8. The Morgan fingerprint density at radius 2 is 1.07 bits per heavy atom. The number of fused-ring (bicyclic) bond motifs is 1. The summed E-state index contributed by atoms with van der Waals surface area (Å²) in [6, 6.07) is 4.99. The molecule has 1 aliphatic heterocycles. The molecule has 75 heavy (non-hydrogen) atoms. The summed E-state index contributed by atoms with van der Waals surface area (Å²) >= 11 is 2.11. The van der Waals surface area contributed by atoms with Gasteiger partial charge in [-0.1, -0.05) is 49.5 Å². The van der Waals surface area contributed by atoms with E-state index in [1.54, 1.807) is 12.1 Å². The summed E-state index contributed by atoms with van der Waals surface area (Å²) in [5.74, 6) is -3.75. The Labute approximate surface area is 449 Å². The zero-order valence-electron chi connectivity index (χ0n) is 43.7. The molecule has 3 saturated carbocycles. The average molecular weight is 1080 g/mol. The van der Waals surface area contributed by atoms with Gasteiger partial charge in [-0.05, 0) is 147 Å². The highest BCUT2D eigenvalue weighted by atomic mass is 32.2. The number of nitriles is 1. The Morgan fingerprint density at radius 3 is 1.55 bits per heavy atom. The first-order chi connectivity index (χ1) is 36.3. The van der Waals surface area contributed by atoms with Gasteiger partial charge in [-0.3, -0.25) is 19.2 Å². The summed E-state index contributed by atoms with van der Waals surface area (Å²) in [6.45, 7) is 10.8. The fourth-order valence-corrected chi connectivity index (χ4v) is 11.9. The van der Waals surface area contributed by atoms with E-state index in [2.05, 4.69) is 13.2 Å². The van der Waals surface area contributed by atoms with Gasteiger partial charge in [0.2, 0.25) is 0 Å². The van der Waals surface area contributed by atoms with Crippen LogP contribution in [0.4, 0.5) is 0 Å². The second kappa shape index (κ2) is 33.1. The molecule has 0 spiro atoms. The first-order valence-electron chi connectivity index (χ1n) is 26.7. The highest BCUT2D eigenvalue weighted by Gasteiger charge is 2.37. The molecule has 3 fully saturated rings. The Kier molecular flexibility index (Phi) is 26.8. The number of methoxy groups -OCH3 is 1. The van der Waals surface area contributed by atoms with Crippen LogP contribution in [0.3, 0.4) is 0 Å². The second-order valence-corrected chi connectivity index (χ2v) is 21.7. The standard InChI is InChI=1S/C56H75NO16S2/c1-5-47(58)68-34-13-9-7-11-32-66-37(3)16-15-17-49(60)70-42-26-20-39(21-27-42)53(62)72-45-30-31-46(51-50(45)74-56(75-51)44(36-57)55(64)65-4)73-54(63)40-22-28-43(29-23-40)71-52(61)38-18-24-41(25-19-38)67-33-12-8-10-14-35-69-48(59)6-2/h5-6,30-31,37-43H,1-2,7-29,32-35H2,3-4H3/b56-44-. The molecule has 1 aromatic carbocycles. The van der Waals surface area contributed by atoms with Crippen LogP contribution in [0.25, 0.3) is 0 Å². The van der Waals surface area contributed by atoms with Crippen LogP contribution in [0, 0.1) is 29.1 Å². The monoisotopic (exact) mass is 1080 g/mol. The average Bonchev–Trinajstić information content (AvgIpc) is 3.87. The minimum absolute atomic E-state index is 0.00495. The number of carbonyl (C=O) groups is 7. The molecule has 17 nitrogen and oxygen atoms in total. The third kappa shape index (κ3) is 20.7. The predicted molar refractivity (Wildman–Crippen MR) is 278 cm³/mol. The molecular formula is C56H75NO16S2. The number of benzene rings is 1. The van der Waals surface area contributed by atoms with Crippen molar-refractivity contribution in [2.75, 3.05) is 33.5 Å². The van der Waals surface area contributed by atoms with E-state index in [4.69, 9.17) is 42.6 Å². The molecule has 1 heterocycles. The SMILES string of the molecule is C=CC(=O)OCCCCCCOC(C)CCCC(=O)OC1CCC(C(=O)Oc2ccc(OC(=O)C3CCC(OC(=O)C4CCC(OCCCCCCOC(=O)C=C)CC4)CC3)c3c2S/C(=C(\C#N)C(=O)OC)S3)CC1. The Hall–Kier alpha value is -5.16. The first kappa shape index (κ1) is 60.7. The number of unbranched alkanes of at least 4 members (excludes halogenated alkanes) is 6. The van der Waals surface area contributed by atoms with Gasteiger partial charge in [0.1, 0.15) is 29.8 Å². The maximum Gasteiger partial charge on any atom is 0.350 e. The first-order valence-corrected chi connectivity index (χ1v) is 28.4. The fraction of sp³-hybridized carbons (Fsp3) is 0.643. The lowest BCUT2D eigenvalue weighted by Crippen LogP contribution is -2.33. The zero-order chi connectivity index (χ0) is 54.0. The molecule has 4 aliphatic rings. The molecule has 0 bridgehead atoms. The topological polar surface area (TPSA) is 226 Å². The molecule has 0 N–H and O–H groups in total. The number of esters is 7. The van der Waals surface area contributed by atoms with Gasteiger partial charge in [0.25, 0.3) is 0 Å². The molecule has 19 heteroatoms. The van der Waals surface area contributed by atoms with Gasteiger partial charge in [-0.15, -0.1) is 0 Å². The van der Waals surface area contributed by atoms with E-state index in [0.29, 0.717) is 107 Å². The van der Waals surface area contributed by atoms with Crippen LogP contribution >= 0.6 is 23.5 Å². The molecule has 0 radical (unpaired) electrons. The Morgan fingerprint density at radius 1 is 0.613 bits per heavy atom. The highest BCUT2D eigenvalue weighted by molar-refractivity contribution is 8.24. The van der Waals surface area contributed by atoms with E-state index >= 15 is 0 Å². The molecular weight excluding hydrogens is 1010 g/mol. The summed E-state index contributed by atoms with van der Waals surface area (Å²) in [7, 11) is 1.17. The molecule has 0 aromatic heterocycles. The van der Waals surface area contributed by atoms with E-state index in [1.807, 2.05) is 13.0 Å². The van der Waals surface area contributed by atoms with Gasteiger partial charge < -0.3 is 42.6 Å². The van der Waals surface area contributed by atoms with Crippen LogP contribution in [0.1, 0.15) is 155 Å². The van der Waals surface area contributed by atoms with Gasteiger partial charge in [-0.2, -0.15) is 5.26 Å². The van der Waals surface area contributed by atoms with E-state index in [9.17, 15) is 38.8 Å². The number of hydrogen-bond donors (Lipinski definition) is 0. The van der Waals surface area contributed by atoms with Gasteiger partial charge in [0.05, 0.1) is 64.3 Å². The van der Waals surface area contributed by atoms with Crippen molar-refractivity contribution in [1.82, 2.24) is 0 Å². The number of hydrogen-bond acceptors (Lipinski definition) is 19. The normalized spacial score (nSPS) is 22.2. The van der Waals surface area contributed by atoms with Crippen molar-refractivity contribution < 1.29 is 76.2 Å². The lowest BCUT2D eigenvalue weighted by molar-refractivity contribution is -0.159. The summed E-state index contributed by atoms with van der Waals surface area (Å²) in [5.41, 5.74) is -0.237. The minimum Gasteiger partial charge on any atom is -0.465 e. The van der Waals surface area contributed by atoms with E-state index in [0.717, 1.165) is 106 Å². The van der Waals surface area contributed by atoms with Crippen molar-refractivity contribution >= 4 is 65.3 Å². The molecule has 0 amide bonds. The van der Waals surface area contributed by atoms with Crippen molar-refractivity contribution in [1.29, 1.82) is 5.26 Å². The number of ether oxygens (including phenoxy) is 9. The Balaban J connectivity index is 1.02. The van der Waals surface area contributed by atoms with Crippen molar-refractivity contribution in [2.45, 2.75) is 189 Å². The lowest BCUT2D eigenvalue weighted by atomic mass is 9.86. The van der Waals surface area contributed by atoms with Crippen molar-refractivity contribution in [3.63, 3.8) is 0 Å². The molecule has 412 valence electrons. The molecule has 1 atom stereocenters. The van der Waals surface area contributed by atoms with Crippen LogP contribution in [0.5, 0.6) is 11.5 Å². The number of nitrogens with zero attached hydrogens (tertiary/aromatic N) is 1. The number of carbonyl (C=O) groups excluding carboxylic acids is 7. The van der Waals surface area contributed by atoms with Crippen LogP contribution in [0.15, 0.2) is 57.0 Å². The van der Waals surface area contributed by atoms with Crippen LogP contribution in [-0.2, 0) is 66.7 Å². The fourth-order valence-electron chi connectivity index (χ4n) is 9.38. The van der Waals surface area contributed by atoms with Gasteiger partial charge in [-0.25, -0.2) is 14.4 Å². The maximum atomic E-state index is 13.7. The summed E-state index contributed by atoms with van der Waals surface area (Å²) in [4.78, 5) is 88.8. The summed E-state index contributed by atoms with van der Waals surface area (Å²) in [5, 5.41) is 9.89. The van der Waals surface area contributed by atoms with E-state index < -0.39 is 41.7 Å². The number of rotatable bonds is 30. The summed E-state index contributed by atoms with van der Waals surface area (Å²) < 4.78 is 50.8. The van der Waals surface area contributed by atoms with Gasteiger partial charge in [0.15, 0.2) is 5.57 Å².